The first kappa shape index (κ1) is 11.2. The SMILES string of the molecule is CC(NCc1ccc(I)o1)c1ccsc1. The van der Waals surface area contributed by atoms with Crippen LogP contribution in [0.1, 0.15) is 24.3 Å². The maximum absolute atomic E-state index is 5.48. The lowest BCUT2D eigenvalue weighted by molar-refractivity contribution is 0.445. The Labute approximate surface area is 107 Å². The number of thiophene rings is 1. The molecule has 80 valence electrons. The number of nitrogens with one attached hydrogen (secondary N) is 1. The van der Waals surface area contributed by atoms with E-state index in [2.05, 4.69) is 51.7 Å². The topological polar surface area (TPSA) is 25.2 Å². The Kier molecular flexibility index (Phi) is 3.82. The van der Waals surface area contributed by atoms with Crippen LogP contribution in [-0.2, 0) is 6.54 Å². The van der Waals surface area contributed by atoms with E-state index in [0.29, 0.717) is 6.04 Å². The molecular formula is C11H12INOS. The van der Waals surface area contributed by atoms with Crippen molar-refractivity contribution in [2.24, 2.45) is 0 Å². The highest BCUT2D eigenvalue weighted by atomic mass is 127. The van der Waals surface area contributed by atoms with Crippen LogP contribution in [0.2, 0.25) is 0 Å². The fourth-order valence-corrected chi connectivity index (χ4v) is 2.56. The van der Waals surface area contributed by atoms with Gasteiger partial charge in [0.2, 0.25) is 0 Å². The molecule has 2 heterocycles. The van der Waals surface area contributed by atoms with Gasteiger partial charge in [0, 0.05) is 6.04 Å². The molecule has 0 aliphatic rings. The van der Waals surface area contributed by atoms with Gasteiger partial charge in [-0.15, -0.1) is 0 Å². The number of halogens is 1. The second kappa shape index (κ2) is 5.14. The Hall–Kier alpha value is -0.330. The van der Waals surface area contributed by atoms with Gasteiger partial charge in [-0.2, -0.15) is 11.3 Å². The van der Waals surface area contributed by atoms with Crippen molar-refractivity contribution in [2.45, 2.75) is 19.5 Å². The van der Waals surface area contributed by atoms with E-state index in [4.69, 9.17) is 4.42 Å². The highest BCUT2D eigenvalue weighted by Gasteiger charge is 2.06. The second-order valence-electron chi connectivity index (χ2n) is 3.37. The number of hydrogen-bond donors (Lipinski definition) is 1. The van der Waals surface area contributed by atoms with Crippen LogP contribution < -0.4 is 5.32 Å². The monoisotopic (exact) mass is 333 g/mol. The molecule has 0 saturated heterocycles. The zero-order chi connectivity index (χ0) is 10.7. The van der Waals surface area contributed by atoms with Crippen LogP contribution in [0.5, 0.6) is 0 Å². The minimum absolute atomic E-state index is 0.374. The molecular weight excluding hydrogens is 321 g/mol. The van der Waals surface area contributed by atoms with Crippen LogP contribution in [0.3, 0.4) is 0 Å². The molecule has 2 rings (SSSR count). The number of furan rings is 1. The van der Waals surface area contributed by atoms with E-state index in [1.807, 2.05) is 12.1 Å². The zero-order valence-corrected chi connectivity index (χ0v) is 11.3. The van der Waals surface area contributed by atoms with Gasteiger partial charge in [0.05, 0.1) is 6.54 Å². The molecule has 0 bridgehead atoms. The molecule has 2 nitrogen and oxygen atoms in total. The Morgan fingerprint density at radius 2 is 2.33 bits per heavy atom. The quantitative estimate of drug-likeness (QED) is 0.861. The Bertz CT molecular complexity index is 410. The van der Waals surface area contributed by atoms with Crippen LogP contribution in [0.4, 0.5) is 0 Å². The molecule has 0 amide bonds. The molecule has 0 aliphatic carbocycles. The summed E-state index contributed by atoms with van der Waals surface area (Å²) in [6.45, 7) is 2.94. The normalized spacial score (nSPS) is 12.9. The predicted octanol–water partition coefficient (Wildman–Crippen LogP) is 3.80. The van der Waals surface area contributed by atoms with E-state index in [1.54, 1.807) is 11.3 Å². The van der Waals surface area contributed by atoms with Crippen LogP contribution in [0, 0.1) is 3.77 Å². The van der Waals surface area contributed by atoms with E-state index in [0.717, 1.165) is 16.1 Å². The first-order valence-corrected chi connectivity index (χ1v) is 6.77. The third-order valence-electron chi connectivity index (χ3n) is 2.25. The van der Waals surface area contributed by atoms with Gasteiger partial charge in [0.1, 0.15) is 5.76 Å². The molecule has 0 radical (unpaired) electrons. The van der Waals surface area contributed by atoms with Crippen molar-refractivity contribution < 1.29 is 4.42 Å². The summed E-state index contributed by atoms with van der Waals surface area (Å²) in [7, 11) is 0. The molecule has 0 aliphatic heterocycles. The maximum atomic E-state index is 5.48. The molecule has 1 N–H and O–H groups in total. The zero-order valence-electron chi connectivity index (χ0n) is 8.37. The first-order chi connectivity index (χ1) is 7.25. The van der Waals surface area contributed by atoms with Crippen molar-refractivity contribution in [3.05, 3.63) is 44.0 Å². The first-order valence-electron chi connectivity index (χ1n) is 4.75. The Morgan fingerprint density at radius 3 is 2.93 bits per heavy atom. The van der Waals surface area contributed by atoms with Gasteiger partial charge in [-0.05, 0) is 64.0 Å². The molecule has 15 heavy (non-hydrogen) atoms. The third-order valence-corrected chi connectivity index (χ3v) is 3.54. The summed E-state index contributed by atoms with van der Waals surface area (Å²) >= 11 is 3.90. The van der Waals surface area contributed by atoms with E-state index in [1.165, 1.54) is 5.56 Å². The average Bonchev–Trinajstić information content (AvgIpc) is 2.84. The summed E-state index contributed by atoms with van der Waals surface area (Å²) in [6.07, 6.45) is 0. The molecule has 0 fully saturated rings. The van der Waals surface area contributed by atoms with Crippen molar-refractivity contribution in [1.82, 2.24) is 5.32 Å². The lowest BCUT2D eigenvalue weighted by Crippen LogP contribution is -2.17. The lowest BCUT2D eigenvalue weighted by atomic mass is 10.2. The molecule has 1 atom stereocenters. The van der Waals surface area contributed by atoms with Crippen molar-refractivity contribution in [2.75, 3.05) is 0 Å². The average molecular weight is 333 g/mol. The molecule has 0 aromatic carbocycles. The van der Waals surface area contributed by atoms with Crippen LogP contribution in [0.15, 0.2) is 33.4 Å². The molecule has 0 spiro atoms. The molecule has 2 aromatic heterocycles. The van der Waals surface area contributed by atoms with Crippen molar-refractivity contribution in [3.8, 4) is 0 Å². The summed E-state index contributed by atoms with van der Waals surface area (Å²) in [5.41, 5.74) is 1.33. The number of hydrogen-bond acceptors (Lipinski definition) is 3. The highest BCUT2D eigenvalue weighted by Crippen LogP contribution is 2.17. The van der Waals surface area contributed by atoms with Gasteiger partial charge in [0.15, 0.2) is 3.77 Å². The maximum Gasteiger partial charge on any atom is 0.164 e. The van der Waals surface area contributed by atoms with E-state index >= 15 is 0 Å². The van der Waals surface area contributed by atoms with Gasteiger partial charge < -0.3 is 9.73 Å². The molecule has 4 heteroatoms. The second-order valence-corrected chi connectivity index (χ2v) is 5.21. The van der Waals surface area contributed by atoms with Crippen LogP contribution in [0.25, 0.3) is 0 Å². The summed E-state index contributed by atoms with van der Waals surface area (Å²) < 4.78 is 6.42. The largest absolute Gasteiger partial charge is 0.454 e. The number of rotatable bonds is 4. The van der Waals surface area contributed by atoms with E-state index in [9.17, 15) is 0 Å². The minimum atomic E-state index is 0.374. The summed E-state index contributed by atoms with van der Waals surface area (Å²) in [5, 5.41) is 7.69. The summed E-state index contributed by atoms with van der Waals surface area (Å²) in [5.74, 6) is 0.987. The molecule has 1 unspecified atom stereocenters. The third kappa shape index (κ3) is 3.06. The van der Waals surface area contributed by atoms with Crippen molar-refractivity contribution in [1.29, 1.82) is 0 Å². The predicted molar refractivity (Wildman–Crippen MR) is 71.0 cm³/mol. The van der Waals surface area contributed by atoms with E-state index in [-0.39, 0.29) is 0 Å². The van der Waals surface area contributed by atoms with Crippen molar-refractivity contribution in [3.63, 3.8) is 0 Å². The van der Waals surface area contributed by atoms with E-state index < -0.39 is 0 Å². The minimum Gasteiger partial charge on any atom is -0.454 e. The fraction of sp³-hybridized carbons (Fsp3) is 0.273. The van der Waals surface area contributed by atoms with Crippen molar-refractivity contribution >= 4 is 33.9 Å². The Balaban J connectivity index is 1.88. The van der Waals surface area contributed by atoms with Gasteiger partial charge in [0.25, 0.3) is 0 Å². The highest BCUT2D eigenvalue weighted by molar-refractivity contribution is 14.1. The smallest absolute Gasteiger partial charge is 0.164 e. The molecule has 0 saturated carbocycles. The summed E-state index contributed by atoms with van der Waals surface area (Å²) in [6, 6.07) is 6.51. The standard InChI is InChI=1S/C11H12INOS/c1-8(9-4-5-15-7-9)13-6-10-2-3-11(12)14-10/h2-5,7-8,13H,6H2,1H3. The fourth-order valence-electron chi connectivity index (χ4n) is 1.34. The van der Waals surface area contributed by atoms with Gasteiger partial charge in [-0.25, -0.2) is 0 Å². The summed E-state index contributed by atoms with van der Waals surface area (Å²) in [4.78, 5) is 0. The van der Waals surface area contributed by atoms with Crippen LogP contribution in [-0.4, -0.2) is 0 Å². The lowest BCUT2D eigenvalue weighted by Gasteiger charge is -2.10. The van der Waals surface area contributed by atoms with Gasteiger partial charge in [-0.1, -0.05) is 0 Å². The molecule has 2 aromatic rings. The Morgan fingerprint density at radius 1 is 1.47 bits per heavy atom. The van der Waals surface area contributed by atoms with Gasteiger partial charge in [-0.3, -0.25) is 0 Å². The van der Waals surface area contributed by atoms with Crippen LogP contribution >= 0.6 is 33.9 Å². The van der Waals surface area contributed by atoms with Gasteiger partial charge >= 0.3 is 0 Å².